The van der Waals surface area contributed by atoms with Crippen molar-refractivity contribution in [1.29, 1.82) is 0 Å². The average Bonchev–Trinajstić information content (AvgIpc) is 2.28. The lowest BCUT2D eigenvalue weighted by molar-refractivity contribution is 0.254. The van der Waals surface area contributed by atoms with Crippen LogP contribution in [0.2, 0.25) is 0 Å². The van der Waals surface area contributed by atoms with E-state index < -0.39 is 0 Å². The molecule has 0 radical (unpaired) electrons. The first kappa shape index (κ1) is 13.8. The molecule has 0 aliphatic heterocycles. The predicted octanol–water partition coefficient (Wildman–Crippen LogP) is 4.31. The Morgan fingerprint density at radius 3 is 2.81 bits per heavy atom. The highest BCUT2D eigenvalue weighted by Gasteiger charge is 2.07. The van der Waals surface area contributed by atoms with Crippen molar-refractivity contribution < 1.29 is 9.13 Å². The molecule has 0 bridgehead atoms. The summed E-state index contributed by atoms with van der Waals surface area (Å²) < 4.78 is 19.0. The van der Waals surface area contributed by atoms with Crippen LogP contribution in [0.15, 0.2) is 22.7 Å². The molecule has 0 fully saturated rings. The first-order chi connectivity index (χ1) is 7.67. The molecular weight excluding hydrogens is 291 g/mol. The van der Waals surface area contributed by atoms with Gasteiger partial charge in [-0.25, -0.2) is 4.39 Å². The van der Waals surface area contributed by atoms with E-state index in [1.807, 2.05) is 0 Å². The molecule has 0 saturated carbocycles. The number of rotatable bonds is 6. The zero-order chi connectivity index (χ0) is 12.0. The second-order valence-corrected chi connectivity index (χ2v) is 4.94. The van der Waals surface area contributed by atoms with Gasteiger partial charge in [-0.3, -0.25) is 0 Å². The van der Waals surface area contributed by atoms with Gasteiger partial charge >= 0.3 is 0 Å². The Balaban J connectivity index is 2.50. The van der Waals surface area contributed by atoms with Crippen LogP contribution in [0.3, 0.4) is 0 Å². The lowest BCUT2D eigenvalue weighted by Gasteiger charge is -2.14. The summed E-state index contributed by atoms with van der Waals surface area (Å²) in [7, 11) is 0. The molecule has 0 heterocycles. The summed E-state index contributed by atoms with van der Waals surface area (Å²) in [6, 6.07) is 4.69. The van der Waals surface area contributed by atoms with Crippen LogP contribution in [0.5, 0.6) is 5.75 Å². The largest absolute Gasteiger partial charge is 0.493 e. The molecule has 0 amide bonds. The van der Waals surface area contributed by atoms with Gasteiger partial charge in [0, 0.05) is 5.92 Å². The first-order valence-corrected chi connectivity index (χ1v) is 6.78. The van der Waals surface area contributed by atoms with Crippen LogP contribution in [0.1, 0.15) is 19.8 Å². The van der Waals surface area contributed by atoms with Crippen molar-refractivity contribution in [3.63, 3.8) is 0 Å². The molecule has 0 saturated heterocycles. The number of benzene rings is 1. The first-order valence-electron chi connectivity index (χ1n) is 5.36. The summed E-state index contributed by atoms with van der Waals surface area (Å²) in [5, 5.41) is 0. The Kier molecular flexibility index (Phi) is 6.21. The number of hydrogen-bond acceptors (Lipinski definition) is 2. The summed E-state index contributed by atoms with van der Waals surface area (Å²) in [6.45, 7) is 2.78. The van der Waals surface area contributed by atoms with Gasteiger partial charge in [0.15, 0.2) is 0 Å². The van der Waals surface area contributed by atoms with E-state index >= 15 is 0 Å². The highest BCUT2D eigenvalue weighted by molar-refractivity contribution is 9.10. The van der Waals surface area contributed by atoms with Crippen LogP contribution in [-0.4, -0.2) is 12.4 Å². The zero-order valence-corrected chi connectivity index (χ0v) is 11.7. The lowest BCUT2D eigenvalue weighted by atomic mass is 10.1. The van der Waals surface area contributed by atoms with Gasteiger partial charge in [0.05, 0.1) is 11.1 Å². The van der Waals surface area contributed by atoms with Crippen LogP contribution in [0.25, 0.3) is 0 Å². The van der Waals surface area contributed by atoms with Crippen molar-refractivity contribution in [2.75, 3.05) is 12.4 Å². The molecule has 0 aliphatic carbocycles. The van der Waals surface area contributed by atoms with Crippen molar-refractivity contribution in [1.82, 2.24) is 0 Å². The second kappa shape index (κ2) is 7.17. The van der Waals surface area contributed by atoms with Crippen molar-refractivity contribution in [2.45, 2.75) is 19.8 Å². The fraction of sp³-hybridized carbons (Fsp3) is 0.500. The van der Waals surface area contributed by atoms with Crippen LogP contribution in [-0.2, 0) is 0 Å². The maximum absolute atomic E-state index is 13.0. The third kappa shape index (κ3) is 4.34. The van der Waals surface area contributed by atoms with Crippen LogP contribution in [0, 0.1) is 11.7 Å². The van der Waals surface area contributed by atoms with Crippen LogP contribution in [0.4, 0.5) is 4.39 Å². The zero-order valence-electron chi connectivity index (χ0n) is 9.25. The number of ether oxygens (including phenoxy) is 1. The van der Waals surface area contributed by atoms with Gasteiger partial charge in [0.25, 0.3) is 0 Å². The minimum atomic E-state index is -0.272. The minimum Gasteiger partial charge on any atom is -0.493 e. The molecule has 1 aromatic carbocycles. The Morgan fingerprint density at radius 2 is 2.25 bits per heavy atom. The molecule has 0 aromatic heterocycles. The Hall–Kier alpha value is -0.220. The van der Waals surface area contributed by atoms with Crippen LogP contribution >= 0.6 is 28.6 Å². The standard InChI is InChI=1S/C12H16BrFOS/c1-2-3-9(8-16)7-15-10-4-5-12(14)11(13)6-10/h4-6,9,16H,2-3,7-8H2,1H3. The molecule has 4 heteroatoms. The van der Waals surface area contributed by atoms with Gasteiger partial charge in [0.2, 0.25) is 0 Å². The van der Waals surface area contributed by atoms with E-state index in [1.54, 1.807) is 12.1 Å². The fourth-order valence-corrected chi connectivity index (χ4v) is 2.06. The Morgan fingerprint density at radius 1 is 1.50 bits per heavy atom. The van der Waals surface area contributed by atoms with E-state index in [0.717, 1.165) is 18.6 Å². The fourth-order valence-electron chi connectivity index (χ4n) is 1.42. The topological polar surface area (TPSA) is 9.23 Å². The van der Waals surface area contributed by atoms with E-state index in [9.17, 15) is 4.39 Å². The van der Waals surface area contributed by atoms with E-state index in [4.69, 9.17) is 4.74 Å². The molecular formula is C12H16BrFOS. The summed E-state index contributed by atoms with van der Waals surface area (Å²) in [6.07, 6.45) is 2.23. The van der Waals surface area contributed by atoms with Gasteiger partial charge in [-0.05, 0) is 46.3 Å². The summed E-state index contributed by atoms with van der Waals surface area (Å²) >= 11 is 7.41. The molecule has 16 heavy (non-hydrogen) atoms. The van der Waals surface area contributed by atoms with Gasteiger partial charge in [-0.1, -0.05) is 13.3 Å². The summed E-state index contributed by atoms with van der Waals surface area (Å²) in [5.74, 6) is 1.69. The quantitative estimate of drug-likeness (QED) is 0.770. The Bertz CT molecular complexity index is 333. The summed E-state index contributed by atoms with van der Waals surface area (Å²) in [5.41, 5.74) is 0. The highest BCUT2D eigenvalue weighted by Crippen LogP contribution is 2.22. The maximum Gasteiger partial charge on any atom is 0.137 e. The van der Waals surface area contributed by atoms with Crippen molar-refractivity contribution in [3.05, 3.63) is 28.5 Å². The van der Waals surface area contributed by atoms with E-state index in [2.05, 4.69) is 35.5 Å². The smallest absolute Gasteiger partial charge is 0.137 e. The SMILES string of the molecule is CCCC(CS)COc1ccc(F)c(Br)c1. The van der Waals surface area contributed by atoms with E-state index in [0.29, 0.717) is 22.7 Å². The van der Waals surface area contributed by atoms with Crippen molar-refractivity contribution in [2.24, 2.45) is 5.92 Å². The lowest BCUT2D eigenvalue weighted by Crippen LogP contribution is -2.13. The van der Waals surface area contributed by atoms with Gasteiger partial charge in [-0.15, -0.1) is 0 Å². The van der Waals surface area contributed by atoms with Crippen LogP contribution < -0.4 is 4.74 Å². The molecule has 0 spiro atoms. The highest BCUT2D eigenvalue weighted by atomic mass is 79.9. The number of hydrogen-bond donors (Lipinski definition) is 1. The molecule has 1 unspecified atom stereocenters. The molecule has 0 N–H and O–H groups in total. The third-order valence-electron chi connectivity index (χ3n) is 2.33. The molecule has 1 nitrogen and oxygen atoms in total. The monoisotopic (exact) mass is 306 g/mol. The minimum absolute atomic E-state index is 0.272. The predicted molar refractivity (Wildman–Crippen MR) is 71.8 cm³/mol. The Labute approximate surface area is 110 Å². The normalized spacial score (nSPS) is 12.5. The average molecular weight is 307 g/mol. The molecule has 90 valence electrons. The molecule has 1 atom stereocenters. The number of halogens is 2. The maximum atomic E-state index is 13.0. The van der Waals surface area contributed by atoms with Gasteiger partial charge < -0.3 is 4.74 Å². The van der Waals surface area contributed by atoms with Crippen molar-refractivity contribution >= 4 is 28.6 Å². The van der Waals surface area contributed by atoms with Gasteiger partial charge in [0.1, 0.15) is 11.6 Å². The number of thiol groups is 1. The van der Waals surface area contributed by atoms with Crippen molar-refractivity contribution in [3.8, 4) is 5.75 Å². The van der Waals surface area contributed by atoms with Gasteiger partial charge in [-0.2, -0.15) is 12.6 Å². The molecule has 0 aliphatic rings. The second-order valence-electron chi connectivity index (χ2n) is 3.72. The molecule has 1 rings (SSSR count). The summed E-state index contributed by atoms with van der Waals surface area (Å²) in [4.78, 5) is 0. The third-order valence-corrected chi connectivity index (χ3v) is 3.46. The van der Waals surface area contributed by atoms with E-state index in [1.165, 1.54) is 6.07 Å². The van der Waals surface area contributed by atoms with E-state index in [-0.39, 0.29) is 5.82 Å². The molecule has 1 aromatic rings.